The third-order valence-electron chi connectivity index (χ3n) is 0.598. The Bertz CT molecular complexity index is 95.9. The topological polar surface area (TPSA) is 55.4 Å². The fraction of sp³-hybridized carbons (Fsp3) is 0.500. The van der Waals surface area contributed by atoms with Crippen LogP contribution in [0.1, 0.15) is 0 Å². The summed E-state index contributed by atoms with van der Waals surface area (Å²) in [6.07, 6.45) is 0. The van der Waals surface area contributed by atoms with Crippen LogP contribution in [0.5, 0.6) is 0 Å². The Labute approximate surface area is 46.8 Å². The molecule has 0 radical (unpaired) electrons. The molecule has 0 unspecified atom stereocenters. The summed E-state index contributed by atoms with van der Waals surface area (Å²) in [7, 11) is 2.51. The highest BCUT2D eigenvalue weighted by Crippen LogP contribution is 1.69. The van der Waals surface area contributed by atoms with Crippen molar-refractivity contribution < 1.29 is 14.3 Å². The third-order valence-corrected chi connectivity index (χ3v) is 0.598. The zero-order valence-corrected chi connectivity index (χ0v) is 4.72. The van der Waals surface area contributed by atoms with Crippen LogP contribution in [0.25, 0.3) is 0 Å². The molecule has 46 valence electrons. The first-order chi connectivity index (χ1) is 3.72. The van der Waals surface area contributed by atoms with Crippen molar-refractivity contribution in [3.8, 4) is 0 Å². The first-order valence-electron chi connectivity index (χ1n) is 2.02. The molecule has 0 aliphatic carbocycles. The number of nitrogens with one attached hydrogen (secondary N) is 1. The molecular weight excluding hydrogens is 110 g/mol. The maximum atomic E-state index is 10.2. The Morgan fingerprint density at radius 2 is 2.00 bits per heavy atom. The molecule has 0 spiro atoms. The van der Waals surface area contributed by atoms with Crippen LogP contribution < -0.4 is 5.32 Å². The molecule has 0 aromatic heterocycles. The van der Waals surface area contributed by atoms with Gasteiger partial charge in [0.2, 0.25) is 0 Å². The second-order valence-electron chi connectivity index (χ2n) is 1.07. The van der Waals surface area contributed by atoms with Crippen LogP contribution in [-0.4, -0.2) is 26.0 Å². The lowest BCUT2D eigenvalue weighted by Gasteiger charge is -1.92. The predicted octanol–water partition coefficient (Wildman–Crippen LogP) is -1.09. The van der Waals surface area contributed by atoms with Crippen molar-refractivity contribution in [2.45, 2.75) is 0 Å². The number of amides is 1. The lowest BCUT2D eigenvalue weighted by molar-refractivity contribution is -0.152. The first kappa shape index (κ1) is 6.94. The highest BCUT2D eigenvalue weighted by molar-refractivity contribution is 6.32. The molecule has 0 saturated heterocycles. The molecule has 0 aliphatic rings. The molecule has 0 bridgehead atoms. The molecule has 0 heterocycles. The minimum absolute atomic E-state index is 0.729. The molecule has 1 amide bonds. The summed E-state index contributed by atoms with van der Waals surface area (Å²) < 4.78 is 4.05. The van der Waals surface area contributed by atoms with Crippen molar-refractivity contribution in [2.75, 3.05) is 14.2 Å². The van der Waals surface area contributed by atoms with Crippen LogP contribution in [0.2, 0.25) is 0 Å². The fourth-order valence-corrected chi connectivity index (χ4v) is 0.195. The number of rotatable bonds is 0. The van der Waals surface area contributed by atoms with Gasteiger partial charge in [-0.1, -0.05) is 0 Å². The summed E-state index contributed by atoms with van der Waals surface area (Å²) in [5.74, 6) is -1.60. The van der Waals surface area contributed by atoms with Crippen molar-refractivity contribution in [1.82, 2.24) is 5.32 Å². The van der Waals surface area contributed by atoms with Gasteiger partial charge < -0.3 is 10.1 Å². The standard InChI is InChI=1S/C4H7NO3/c1-5-3(6)4(7)8-2/h1-2H3,(H,5,6). The molecule has 1 N–H and O–H groups in total. The van der Waals surface area contributed by atoms with Crippen LogP contribution in [0.4, 0.5) is 0 Å². The molecule has 0 atom stereocenters. The van der Waals surface area contributed by atoms with Gasteiger partial charge in [-0.3, -0.25) is 4.79 Å². The lowest BCUT2D eigenvalue weighted by Crippen LogP contribution is -2.28. The molecule has 0 saturated carbocycles. The van der Waals surface area contributed by atoms with Gasteiger partial charge >= 0.3 is 11.9 Å². The number of esters is 1. The Balaban J connectivity index is 3.64. The van der Waals surface area contributed by atoms with E-state index in [2.05, 4.69) is 10.1 Å². The highest BCUT2D eigenvalue weighted by Gasteiger charge is 2.08. The van der Waals surface area contributed by atoms with E-state index >= 15 is 0 Å². The van der Waals surface area contributed by atoms with Crippen molar-refractivity contribution >= 4 is 11.9 Å². The quantitative estimate of drug-likeness (QED) is 0.324. The number of likely N-dealkylation sites (N-methyl/N-ethyl adjacent to an activating group) is 1. The van der Waals surface area contributed by atoms with E-state index in [0.29, 0.717) is 0 Å². The van der Waals surface area contributed by atoms with E-state index in [1.165, 1.54) is 7.05 Å². The van der Waals surface area contributed by atoms with E-state index in [9.17, 15) is 9.59 Å². The second kappa shape index (κ2) is 3.01. The molecule has 4 heteroatoms. The number of carbonyl (C=O) groups excluding carboxylic acids is 2. The van der Waals surface area contributed by atoms with E-state index in [-0.39, 0.29) is 0 Å². The van der Waals surface area contributed by atoms with Crippen LogP contribution in [-0.2, 0) is 14.3 Å². The largest absolute Gasteiger partial charge is 0.462 e. The molecular formula is C4H7NO3. The summed E-state index contributed by atoms with van der Waals surface area (Å²) in [4.78, 5) is 20.3. The van der Waals surface area contributed by atoms with Gasteiger partial charge in [-0.2, -0.15) is 0 Å². The van der Waals surface area contributed by atoms with Crippen molar-refractivity contribution in [1.29, 1.82) is 0 Å². The molecule has 0 fully saturated rings. The van der Waals surface area contributed by atoms with Crippen molar-refractivity contribution in [3.05, 3.63) is 0 Å². The van der Waals surface area contributed by atoms with Gasteiger partial charge in [0, 0.05) is 7.05 Å². The average molecular weight is 117 g/mol. The Hall–Kier alpha value is -1.06. The molecule has 0 aliphatic heterocycles. The number of hydrogen-bond donors (Lipinski definition) is 1. The highest BCUT2D eigenvalue weighted by atomic mass is 16.5. The molecule has 0 aromatic rings. The monoisotopic (exact) mass is 117 g/mol. The lowest BCUT2D eigenvalue weighted by atomic mass is 10.6. The van der Waals surface area contributed by atoms with E-state index in [1.807, 2.05) is 0 Å². The van der Waals surface area contributed by atoms with Crippen LogP contribution in [0, 0.1) is 0 Å². The van der Waals surface area contributed by atoms with E-state index in [1.54, 1.807) is 0 Å². The maximum Gasteiger partial charge on any atom is 0.396 e. The Morgan fingerprint density at radius 3 is 2.12 bits per heavy atom. The number of hydrogen-bond acceptors (Lipinski definition) is 3. The SMILES string of the molecule is CNC(=O)C(=O)OC. The van der Waals surface area contributed by atoms with Crippen LogP contribution in [0.3, 0.4) is 0 Å². The van der Waals surface area contributed by atoms with Crippen molar-refractivity contribution in [2.24, 2.45) is 0 Å². The summed E-state index contributed by atoms with van der Waals surface area (Å²) >= 11 is 0. The van der Waals surface area contributed by atoms with Gasteiger partial charge in [-0.15, -0.1) is 0 Å². The molecule has 8 heavy (non-hydrogen) atoms. The van der Waals surface area contributed by atoms with E-state index < -0.39 is 11.9 Å². The fourth-order valence-electron chi connectivity index (χ4n) is 0.195. The van der Waals surface area contributed by atoms with Gasteiger partial charge in [-0.25, -0.2) is 4.79 Å². The van der Waals surface area contributed by atoms with Gasteiger partial charge in [-0.05, 0) is 0 Å². The summed E-state index contributed by atoms with van der Waals surface area (Å²) in [5.41, 5.74) is 0. The summed E-state index contributed by atoms with van der Waals surface area (Å²) in [5, 5.41) is 2.10. The summed E-state index contributed by atoms with van der Waals surface area (Å²) in [6.45, 7) is 0. The van der Waals surface area contributed by atoms with E-state index in [0.717, 1.165) is 7.11 Å². The predicted molar refractivity (Wildman–Crippen MR) is 26.1 cm³/mol. The molecule has 0 rings (SSSR count). The zero-order valence-electron chi connectivity index (χ0n) is 4.72. The Morgan fingerprint density at radius 1 is 1.50 bits per heavy atom. The van der Waals surface area contributed by atoms with Crippen LogP contribution >= 0.6 is 0 Å². The van der Waals surface area contributed by atoms with Crippen molar-refractivity contribution in [3.63, 3.8) is 0 Å². The normalized spacial score (nSPS) is 7.75. The number of ether oxygens (including phenoxy) is 1. The average Bonchev–Trinajstić information content (AvgIpc) is 1.84. The first-order valence-corrected chi connectivity index (χ1v) is 2.02. The molecule has 4 nitrogen and oxygen atoms in total. The number of carbonyl (C=O) groups is 2. The van der Waals surface area contributed by atoms with Gasteiger partial charge in [0.15, 0.2) is 0 Å². The minimum Gasteiger partial charge on any atom is -0.462 e. The minimum atomic E-state index is -0.868. The smallest absolute Gasteiger partial charge is 0.396 e. The van der Waals surface area contributed by atoms with Gasteiger partial charge in [0.25, 0.3) is 0 Å². The van der Waals surface area contributed by atoms with E-state index in [4.69, 9.17) is 0 Å². The third kappa shape index (κ3) is 1.59. The van der Waals surface area contributed by atoms with Gasteiger partial charge in [0.05, 0.1) is 7.11 Å². The van der Waals surface area contributed by atoms with Crippen LogP contribution in [0.15, 0.2) is 0 Å². The Kier molecular flexibility index (Phi) is 2.61. The number of methoxy groups -OCH3 is 1. The molecule has 0 aromatic carbocycles. The zero-order chi connectivity index (χ0) is 6.57. The maximum absolute atomic E-state index is 10.2. The second-order valence-corrected chi connectivity index (χ2v) is 1.07. The van der Waals surface area contributed by atoms with Gasteiger partial charge in [0.1, 0.15) is 0 Å². The summed E-state index contributed by atoms with van der Waals surface area (Å²) in [6, 6.07) is 0.